The summed E-state index contributed by atoms with van der Waals surface area (Å²) in [7, 11) is 0. The van der Waals surface area contributed by atoms with Crippen LogP contribution >= 0.6 is 11.6 Å². The second kappa shape index (κ2) is 5.63. The predicted molar refractivity (Wildman–Crippen MR) is 91.0 cm³/mol. The van der Waals surface area contributed by atoms with Crippen molar-refractivity contribution in [2.45, 2.75) is 6.54 Å². The molecule has 5 heteroatoms. The number of hydrogen-bond acceptors (Lipinski definition) is 3. The van der Waals surface area contributed by atoms with E-state index >= 15 is 0 Å². The van der Waals surface area contributed by atoms with Gasteiger partial charge in [0.15, 0.2) is 0 Å². The third-order valence-electron chi connectivity index (χ3n) is 4.03. The van der Waals surface area contributed by atoms with E-state index in [1.54, 1.807) is 12.1 Å². The van der Waals surface area contributed by atoms with Crippen LogP contribution in [0.2, 0.25) is 5.02 Å². The first-order chi connectivity index (χ1) is 11.2. The molecule has 1 N–H and O–H groups in total. The van der Waals surface area contributed by atoms with Crippen molar-refractivity contribution in [3.63, 3.8) is 0 Å². The lowest BCUT2D eigenvalue weighted by Gasteiger charge is -2.22. The Labute approximate surface area is 138 Å². The lowest BCUT2D eigenvalue weighted by Crippen LogP contribution is -2.29. The van der Waals surface area contributed by atoms with E-state index in [9.17, 15) is 4.79 Å². The Kier molecular flexibility index (Phi) is 3.46. The zero-order valence-corrected chi connectivity index (χ0v) is 13.1. The lowest BCUT2D eigenvalue weighted by molar-refractivity contribution is 0.0933. The molecule has 1 amide bonds. The summed E-state index contributed by atoms with van der Waals surface area (Å²) in [6.07, 6.45) is 0. The summed E-state index contributed by atoms with van der Waals surface area (Å²) in [5.74, 6) is 0.179. The molecule has 0 saturated carbocycles. The normalized spacial score (nSPS) is 14.5. The first-order valence-electron chi connectivity index (χ1n) is 7.51. The molecule has 0 bridgehead atoms. The number of nitrogens with one attached hydrogen (secondary N) is 1. The summed E-state index contributed by atoms with van der Waals surface area (Å²) < 4.78 is 5.79. The van der Waals surface area contributed by atoms with E-state index in [4.69, 9.17) is 16.0 Å². The molecule has 0 radical (unpaired) electrons. The van der Waals surface area contributed by atoms with Crippen LogP contribution in [0.5, 0.6) is 0 Å². The fourth-order valence-electron chi connectivity index (χ4n) is 2.98. The van der Waals surface area contributed by atoms with E-state index in [1.165, 1.54) is 5.56 Å². The molecule has 4 rings (SSSR count). The van der Waals surface area contributed by atoms with E-state index in [1.807, 2.05) is 24.3 Å². The van der Waals surface area contributed by atoms with Gasteiger partial charge in [0.1, 0.15) is 5.58 Å². The Bertz CT molecular complexity index is 873. The van der Waals surface area contributed by atoms with Crippen LogP contribution < -0.4 is 10.2 Å². The number of rotatable bonds is 2. The maximum atomic E-state index is 12.3. The van der Waals surface area contributed by atoms with Crippen LogP contribution in [0, 0.1) is 0 Å². The standard InChI is InChI=1S/C18H15ClN2O2/c19-13-6-7-15-14(10-13)16-17(23-15)18(22)20-8-9-21(16)11-12-4-2-1-3-5-12/h1-7,10H,8-9,11H2,(H,20,22). The third kappa shape index (κ3) is 2.55. The number of hydrogen-bond donors (Lipinski definition) is 1. The van der Waals surface area contributed by atoms with Crippen molar-refractivity contribution in [2.24, 2.45) is 0 Å². The van der Waals surface area contributed by atoms with Crippen molar-refractivity contribution >= 4 is 34.2 Å². The van der Waals surface area contributed by atoms with Crippen molar-refractivity contribution in [2.75, 3.05) is 18.0 Å². The summed E-state index contributed by atoms with van der Waals surface area (Å²) in [5.41, 5.74) is 2.68. The lowest BCUT2D eigenvalue weighted by atomic mass is 10.1. The SMILES string of the molecule is O=C1NCCN(Cc2ccccc2)c2c1oc1ccc(Cl)cc21. The molecular weight excluding hydrogens is 312 g/mol. The van der Waals surface area contributed by atoms with Gasteiger partial charge in [0.05, 0.1) is 5.69 Å². The van der Waals surface area contributed by atoms with Gasteiger partial charge in [-0.05, 0) is 23.8 Å². The van der Waals surface area contributed by atoms with Crippen LogP contribution in [0.15, 0.2) is 52.9 Å². The number of fused-ring (bicyclic) bond motifs is 3. The maximum absolute atomic E-state index is 12.3. The average molecular weight is 327 g/mol. The van der Waals surface area contributed by atoms with Crippen molar-refractivity contribution < 1.29 is 9.21 Å². The van der Waals surface area contributed by atoms with E-state index in [-0.39, 0.29) is 5.91 Å². The number of furan rings is 1. The molecule has 1 aromatic heterocycles. The average Bonchev–Trinajstić information content (AvgIpc) is 2.86. The molecule has 1 aliphatic heterocycles. The molecule has 0 unspecified atom stereocenters. The van der Waals surface area contributed by atoms with Crippen LogP contribution in [0.3, 0.4) is 0 Å². The Balaban J connectivity index is 1.86. The van der Waals surface area contributed by atoms with Crippen LogP contribution in [0.1, 0.15) is 16.1 Å². The molecule has 3 aromatic rings. The molecule has 1 aliphatic rings. The Morgan fingerprint density at radius 3 is 2.83 bits per heavy atom. The van der Waals surface area contributed by atoms with Gasteiger partial charge in [-0.2, -0.15) is 0 Å². The molecule has 2 heterocycles. The van der Waals surface area contributed by atoms with Gasteiger partial charge in [-0.25, -0.2) is 0 Å². The number of anilines is 1. The minimum absolute atomic E-state index is 0.178. The second-order valence-electron chi connectivity index (χ2n) is 5.58. The summed E-state index contributed by atoms with van der Waals surface area (Å²) in [6.45, 7) is 2.01. The number of benzene rings is 2. The van der Waals surface area contributed by atoms with Crippen LogP contribution in [-0.2, 0) is 6.54 Å². The highest BCUT2D eigenvalue weighted by Gasteiger charge is 2.27. The number of amides is 1. The first kappa shape index (κ1) is 14.2. The highest BCUT2D eigenvalue weighted by Crippen LogP contribution is 2.37. The Morgan fingerprint density at radius 2 is 2.00 bits per heavy atom. The molecule has 0 saturated heterocycles. The minimum Gasteiger partial charge on any atom is -0.449 e. The summed E-state index contributed by atoms with van der Waals surface area (Å²) in [4.78, 5) is 14.5. The van der Waals surface area contributed by atoms with Crippen LogP contribution in [0.25, 0.3) is 11.0 Å². The molecule has 0 fully saturated rings. The number of halogens is 1. The molecule has 4 nitrogen and oxygen atoms in total. The molecule has 0 aliphatic carbocycles. The number of nitrogens with zero attached hydrogens (tertiary/aromatic N) is 1. The van der Waals surface area contributed by atoms with Gasteiger partial charge in [-0.15, -0.1) is 0 Å². The van der Waals surface area contributed by atoms with Gasteiger partial charge in [0.25, 0.3) is 5.91 Å². The monoisotopic (exact) mass is 326 g/mol. The minimum atomic E-state index is -0.178. The van der Waals surface area contributed by atoms with Gasteiger partial charge in [0, 0.05) is 30.0 Å². The van der Waals surface area contributed by atoms with Crippen molar-refractivity contribution in [3.05, 3.63) is 64.9 Å². The molecule has 116 valence electrons. The van der Waals surface area contributed by atoms with Gasteiger partial charge in [-0.3, -0.25) is 4.79 Å². The highest BCUT2D eigenvalue weighted by molar-refractivity contribution is 6.31. The molecular formula is C18H15ClN2O2. The zero-order chi connectivity index (χ0) is 15.8. The van der Waals surface area contributed by atoms with Gasteiger partial charge < -0.3 is 14.6 Å². The van der Waals surface area contributed by atoms with Crippen molar-refractivity contribution in [1.29, 1.82) is 0 Å². The molecule has 2 aromatic carbocycles. The van der Waals surface area contributed by atoms with E-state index < -0.39 is 0 Å². The molecule has 23 heavy (non-hydrogen) atoms. The molecule has 0 atom stereocenters. The Morgan fingerprint density at radius 1 is 1.17 bits per heavy atom. The van der Waals surface area contributed by atoms with E-state index in [0.717, 1.165) is 17.6 Å². The predicted octanol–water partition coefficient (Wildman–Crippen LogP) is 3.84. The topological polar surface area (TPSA) is 45.5 Å². The highest BCUT2D eigenvalue weighted by atomic mass is 35.5. The third-order valence-corrected chi connectivity index (χ3v) is 4.26. The van der Waals surface area contributed by atoms with E-state index in [0.29, 0.717) is 29.5 Å². The van der Waals surface area contributed by atoms with E-state index in [2.05, 4.69) is 22.3 Å². The van der Waals surface area contributed by atoms with Gasteiger partial charge >= 0.3 is 0 Å². The maximum Gasteiger partial charge on any atom is 0.289 e. The van der Waals surface area contributed by atoms with Crippen molar-refractivity contribution in [3.8, 4) is 0 Å². The number of carbonyl (C=O) groups is 1. The van der Waals surface area contributed by atoms with Crippen molar-refractivity contribution in [1.82, 2.24) is 5.32 Å². The van der Waals surface area contributed by atoms with Gasteiger partial charge in [-0.1, -0.05) is 41.9 Å². The Hall–Kier alpha value is -2.46. The smallest absolute Gasteiger partial charge is 0.289 e. The fraction of sp³-hybridized carbons (Fsp3) is 0.167. The summed E-state index contributed by atoms with van der Waals surface area (Å²) >= 11 is 6.14. The summed E-state index contributed by atoms with van der Waals surface area (Å²) in [6, 6.07) is 15.6. The number of carbonyl (C=O) groups excluding carboxylic acids is 1. The van der Waals surface area contributed by atoms with Crippen LogP contribution in [0.4, 0.5) is 5.69 Å². The van der Waals surface area contributed by atoms with Crippen LogP contribution in [-0.4, -0.2) is 19.0 Å². The second-order valence-corrected chi connectivity index (χ2v) is 6.02. The quantitative estimate of drug-likeness (QED) is 0.778. The molecule has 0 spiro atoms. The van der Waals surface area contributed by atoms with Gasteiger partial charge in [0.2, 0.25) is 5.76 Å². The first-order valence-corrected chi connectivity index (χ1v) is 7.89. The zero-order valence-electron chi connectivity index (χ0n) is 12.4. The summed E-state index contributed by atoms with van der Waals surface area (Å²) in [5, 5.41) is 4.39. The largest absolute Gasteiger partial charge is 0.449 e. The fourth-order valence-corrected chi connectivity index (χ4v) is 3.16.